The molecule has 3 aliphatic heterocycles. The van der Waals surface area contributed by atoms with E-state index in [2.05, 4.69) is 26.9 Å². The standard InChI is InChI=1S/C21H21FN4O/c22-13-1-3-17-18-11-25(6-5-19(18)24-20(17)7-13)14-2-4-21(23-9-14)26-10-16-8-15(26)12-27-16/h1-4,7,9,15-16,24H,5-6,8,10-12H2/t15-,16-/m1/s1. The third-order valence-electron chi connectivity index (χ3n) is 6.23. The van der Waals surface area contributed by atoms with Crippen LogP contribution in [0.2, 0.25) is 0 Å². The Balaban J connectivity index is 1.26. The van der Waals surface area contributed by atoms with Crippen molar-refractivity contribution >= 4 is 22.4 Å². The average Bonchev–Trinajstić information content (AvgIpc) is 3.41. The first-order valence-corrected chi connectivity index (χ1v) is 9.63. The van der Waals surface area contributed by atoms with Crippen LogP contribution >= 0.6 is 0 Å². The molecule has 6 heteroatoms. The number of ether oxygens (including phenoxy) is 1. The number of morpholine rings is 1. The molecule has 1 aromatic carbocycles. The van der Waals surface area contributed by atoms with Gasteiger partial charge in [-0.25, -0.2) is 9.37 Å². The summed E-state index contributed by atoms with van der Waals surface area (Å²) in [6, 6.07) is 9.80. The summed E-state index contributed by atoms with van der Waals surface area (Å²) in [5.74, 6) is 0.855. The molecule has 3 aliphatic rings. The number of hydrogen-bond donors (Lipinski definition) is 1. The summed E-state index contributed by atoms with van der Waals surface area (Å²) in [4.78, 5) is 12.9. The van der Waals surface area contributed by atoms with Gasteiger partial charge in [0.25, 0.3) is 0 Å². The summed E-state index contributed by atoms with van der Waals surface area (Å²) in [5, 5.41) is 1.12. The molecule has 3 aromatic rings. The number of pyridine rings is 1. The molecule has 2 atom stereocenters. The Morgan fingerprint density at radius 2 is 2.19 bits per heavy atom. The van der Waals surface area contributed by atoms with Crippen molar-refractivity contribution in [3.8, 4) is 0 Å². The molecule has 138 valence electrons. The van der Waals surface area contributed by atoms with Gasteiger partial charge in [-0.3, -0.25) is 0 Å². The Bertz CT molecular complexity index is 1010. The summed E-state index contributed by atoms with van der Waals surface area (Å²) in [6.45, 7) is 3.54. The molecule has 1 N–H and O–H groups in total. The highest BCUT2D eigenvalue weighted by molar-refractivity contribution is 5.85. The SMILES string of the molecule is Fc1ccc2c3c([nH]c2c1)CCN(c1ccc(N2C[C@H]4C[C@@H]2CO4)nc1)C3. The minimum absolute atomic E-state index is 0.196. The van der Waals surface area contributed by atoms with Gasteiger partial charge in [-0.2, -0.15) is 0 Å². The second-order valence-electron chi connectivity index (χ2n) is 7.82. The van der Waals surface area contributed by atoms with E-state index in [1.165, 1.54) is 11.3 Å². The first kappa shape index (κ1) is 15.5. The van der Waals surface area contributed by atoms with E-state index in [0.717, 1.165) is 61.5 Å². The summed E-state index contributed by atoms with van der Waals surface area (Å²) in [5.41, 5.74) is 4.53. The second kappa shape index (κ2) is 5.70. The number of fused-ring (bicyclic) bond motifs is 5. The number of rotatable bonds is 2. The lowest BCUT2D eigenvalue weighted by atomic mass is 10.0. The average molecular weight is 364 g/mol. The van der Waals surface area contributed by atoms with Crippen molar-refractivity contribution in [2.24, 2.45) is 0 Å². The maximum Gasteiger partial charge on any atom is 0.129 e. The van der Waals surface area contributed by atoms with Crippen molar-refractivity contribution in [1.29, 1.82) is 0 Å². The quantitative estimate of drug-likeness (QED) is 0.758. The van der Waals surface area contributed by atoms with Crippen LogP contribution in [0.4, 0.5) is 15.9 Å². The van der Waals surface area contributed by atoms with Gasteiger partial charge < -0.3 is 19.5 Å². The Labute approximate surface area is 156 Å². The predicted octanol–water partition coefficient (Wildman–Crippen LogP) is 3.24. The number of anilines is 2. The van der Waals surface area contributed by atoms with Gasteiger partial charge in [-0.05, 0) is 36.8 Å². The van der Waals surface area contributed by atoms with Gasteiger partial charge in [0.15, 0.2) is 0 Å². The largest absolute Gasteiger partial charge is 0.374 e. The van der Waals surface area contributed by atoms with Crippen LogP contribution in [-0.4, -0.2) is 41.8 Å². The van der Waals surface area contributed by atoms with Gasteiger partial charge in [0.2, 0.25) is 0 Å². The third-order valence-corrected chi connectivity index (χ3v) is 6.23. The fourth-order valence-corrected chi connectivity index (χ4v) is 4.83. The van der Waals surface area contributed by atoms with Crippen molar-refractivity contribution < 1.29 is 9.13 Å². The van der Waals surface area contributed by atoms with E-state index in [1.807, 2.05) is 12.3 Å². The van der Waals surface area contributed by atoms with Crippen LogP contribution in [0.1, 0.15) is 17.7 Å². The Kier molecular flexibility index (Phi) is 3.26. The smallest absolute Gasteiger partial charge is 0.129 e. The second-order valence-corrected chi connectivity index (χ2v) is 7.82. The zero-order valence-corrected chi connectivity index (χ0v) is 15.0. The van der Waals surface area contributed by atoms with E-state index in [1.54, 1.807) is 12.1 Å². The highest BCUT2D eigenvalue weighted by Crippen LogP contribution is 2.33. The van der Waals surface area contributed by atoms with E-state index in [9.17, 15) is 4.39 Å². The number of benzene rings is 1. The maximum atomic E-state index is 13.5. The number of H-pyrrole nitrogens is 1. The number of nitrogens with one attached hydrogen (secondary N) is 1. The molecule has 2 bridgehead atoms. The molecule has 6 rings (SSSR count). The zero-order valence-electron chi connectivity index (χ0n) is 15.0. The summed E-state index contributed by atoms with van der Waals surface area (Å²) in [7, 11) is 0. The molecule has 0 spiro atoms. The number of aromatic amines is 1. The van der Waals surface area contributed by atoms with Crippen molar-refractivity contribution in [3.05, 3.63) is 53.6 Å². The van der Waals surface area contributed by atoms with Crippen molar-refractivity contribution in [2.75, 3.05) is 29.5 Å². The molecule has 27 heavy (non-hydrogen) atoms. The van der Waals surface area contributed by atoms with E-state index in [0.29, 0.717) is 12.1 Å². The summed E-state index contributed by atoms with van der Waals surface area (Å²) < 4.78 is 19.2. The predicted molar refractivity (Wildman–Crippen MR) is 103 cm³/mol. The van der Waals surface area contributed by atoms with Crippen LogP contribution in [0.5, 0.6) is 0 Å². The normalized spacial score (nSPS) is 24.0. The monoisotopic (exact) mass is 364 g/mol. The zero-order chi connectivity index (χ0) is 18.0. The molecule has 0 aliphatic carbocycles. The Hall–Kier alpha value is -2.60. The van der Waals surface area contributed by atoms with Crippen molar-refractivity contribution in [3.63, 3.8) is 0 Å². The van der Waals surface area contributed by atoms with E-state index < -0.39 is 0 Å². The molecule has 5 nitrogen and oxygen atoms in total. The van der Waals surface area contributed by atoms with Gasteiger partial charge in [0, 0.05) is 48.2 Å². The van der Waals surface area contributed by atoms with Crippen molar-refractivity contribution in [2.45, 2.75) is 31.5 Å². The number of halogens is 1. The fraction of sp³-hybridized carbons (Fsp3) is 0.381. The molecular formula is C21H21FN4O. The molecular weight excluding hydrogens is 343 g/mol. The van der Waals surface area contributed by atoms with E-state index >= 15 is 0 Å². The topological polar surface area (TPSA) is 44.4 Å². The van der Waals surface area contributed by atoms with Crippen LogP contribution in [0.3, 0.4) is 0 Å². The lowest BCUT2D eigenvalue weighted by Gasteiger charge is -2.31. The minimum atomic E-state index is -0.196. The lowest BCUT2D eigenvalue weighted by Crippen LogP contribution is -2.37. The van der Waals surface area contributed by atoms with Crippen molar-refractivity contribution in [1.82, 2.24) is 9.97 Å². The molecule has 2 saturated heterocycles. The fourth-order valence-electron chi connectivity index (χ4n) is 4.83. The van der Waals surface area contributed by atoms with E-state index in [-0.39, 0.29) is 5.82 Å². The molecule has 2 fully saturated rings. The van der Waals surface area contributed by atoms with E-state index in [4.69, 9.17) is 9.72 Å². The van der Waals surface area contributed by atoms with Gasteiger partial charge in [-0.15, -0.1) is 0 Å². The van der Waals surface area contributed by atoms with Crippen LogP contribution < -0.4 is 9.80 Å². The minimum Gasteiger partial charge on any atom is -0.374 e. The van der Waals surface area contributed by atoms with Crippen LogP contribution in [0, 0.1) is 5.82 Å². The summed E-state index contributed by atoms with van der Waals surface area (Å²) >= 11 is 0. The third kappa shape index (κ3) is 2.43. The molecule has 5 heterocycles. The van der Waals surface area contributed by atoms with Gasteiger partial charge >= 0.3 is 0 Å². The Morgan fingerprint density at radius 3 is 2.96 bits per heavy atom. The molecule has 0 radical (unpaired) electrons. The van der Waals surface area contributed by atoms with Gasteiger partial charge in [-0.1, -0.05) is 0 Å². The maximum absolute atomic E-state index is 13.5. The highest BCUT2D eigenvalue weighted by atomic mass is 19.1. The molecule has 0 unspecified atom stereocenters. The van der Waals surface area contributed by atoms with Gasteiger partial charge in [0.05, 0.1) is 30.6 Å². The van der Waals surface area contributed by atoms with Crippen LogP contribution in [0.15, 0.2) is 36.5 Å². The van der Waals surface area contributed by atoms with Gasteiger partial charge in [0.1, 0.15) is 11.6 Å². The highest BCUT2D eigenvalue weighted by Gasteiger charge is 2.39. The first-order chi connectivity index (χ1) is 13.2. The molecule has 0 saturated carbocycles. The number of hydrogen-bond acceptors (Lipinski definition) is 4. The first-order valence-electron chi connectivity index (χ1n) is 9.63. The Morgan fingerprint density at radius 1 is 1.22 bits per heavy atom. The molecule has 0 amide bonds. The lowest BCUT2D eigenvalue weighted by molar-refractivity contribution is 0.0989. The molecule has 2 aromatic heterocycles. The summed E-state index contributed by atoms with van der Waals surface area (Å²) in [6.07, 6.45) is 4.42. The number of nitrogens with zero attached hydrogens (tertiary/aromatic N) is 3. The van der Waals surface area contributed by atoms with Crippen LogP contribution in [0.25, 0.3) is 10.9 Å². The number of aromatic nitrogens is 2. The van der Waals surface area contributed by atoms with Crippen LogP contribution in [-0.2, 0) is 17.7 Å².